The van der Waals surface area contributed by atoms with Gasteiger partial charge < -0.3 is 19.7 Å². The van der Waals surface area contributed by atoms with Gasteiger partial charge in [-0.2, -0.15) is 0 Å². The van der Waals surface area contributed by atoms with E-state index in [1.54, 1.807) is 24.3 Å². The fraction of sp³-hybridized carbons (Fsp3) is 0.345. The summed E-state index contributed by atoms with van der Waals surface area (Å²) < 4.78 is 12.1. The van der Waals surface area contributed by atoms with Crippen LogP contribution in [0.1, 0.15) is 50.0 Å². The van der Waals surface area contributed by atoms with Gasteiger partial charge in [-0.1, -0.05) is 11.6 Å². The summed E-state index contributed by atoms with van der Waals surface area (Å²) in [6.45, 7) is -0.243. The van der Waals surface area contributed by atoms with Gasteiger partial charge in [0.15, 0.2) is 29.7 Å². The predicted molar refractivity (Wildman–Crippen MR) is 149 cm³/mol. The first-order chi connectivity index (χ1) is 18.3. The van der Waals surface area contributed by atoms with E-state index in [1.165, 1.54) is 7.11 Å². The van der Waals surface area contributed by atoms with Crippen LogP contribution in [0, 0.1) is 0 Å². The van der Waals surface area contributed by atoms with Gasteiger partial charge in [0.2, 0.25) is 0 Å². The normalized spacial score (nSPS) is 17.8. The number of amides is 1. The zero-order valence-electron chi connectivity index (χ0n) is 21.2. The van der Waals surface area contributed by atoms with Gasteiger partial charge in [-0.15, -0.1) is 0 Å². The third-order valence-electron chi connectivity index (χ3n) is 7.31. The van der Waals surface area contributed by atoms with E-state index in [4.69, 9.17) is 21.1 Å². The Bertz CT molecular complexity index is 1340. The first-order valence-corrected chi connectivity index (χ1v) is 13.8. The van der Waals surface area contributed by atoms with E-state index in [2.05, 4.69) is 26.1 Å². The van der Waals surface area contributed by atoms with Crippen molar-refractivity contribution in [2.24, 2.45) is 0 Å². The van der Waals surface area contributed by atoms with Crippen LogP contribution in [0.15, 0.2) is 63.4 Å². The molecule has 2 aromatic carbocycles. The lowest BCUT2D eigenvalue weighted by molar-refractivity contribution is -0.118. The molecule has 5 rings (SSSR count). The summed E-state index contributed by atoms with van der Waals surface area (Å²) >= 11 is 9.49. The van der Waals surface area contributed by atoms with Crippen LogP contribution in [0.5, 0.6) is 11.5 Å². The molecule has 0 bridgehead atoms. The number of anilines is 1. The van der Waals surface area contributed by atoms with E-state index in [-0.39, 0.29) is 24.1 Å². The summed E-state index contributed by atoms with van der Waals surface area (Å²) in [5.74, 6) is 0.145. The molecule has 0 radical (unpaired) electrons. The summed E-state index contributed by atoms with van der Waals surface area (Å²) in [4.78, 5) is 41.1. The highest BCUT2D eigenvalue weighted by molar-refractivity contribution is 9.10. The van der Waals surface area contributed by atoms with Crippen LogP contribution in [-0.4, -0.2) is 43.1 Å². The van der Waals surface area contributed by atoms with Crippen LogP contribution in [0.3, 0.4) is 0 Å². The van der Waals surface area contributed by atoms with E-state index in [9.17, 15) is 14.4 Å². The average Bonchev–Trinajstić information content (AvgIpc) is 2.90. The number of rotatable bonds is 6. The molecule has 1 amide bonds. The number of allylic oxidation sites excluding steroid dienone is 4. The minimum Gasteiger partial charge on any atom is -0.493 e. The van der Waals surface area contributed by atoms with Gasteiger partial charge in [-0.3, -0.25) is 14.4 Å². The number of halogens is 2. The molecule has 0 atom stereocenters. The molecule has 2 aliphatic carbocycles. The first-order valence-electron chi connectivity index (χ1n) is 12.6. The Kier molecular flexibility index (Phi) is 7.63. The largest absolute Gasteiger partial charge is 0.493 e. The molecule has 9 heteroatoms. The molecular weight excluding hydrogens is 572 g/mol. The van der Waals surface area contributed by atoms with Gasteiger partial charge >= 0.3 is 0 Å². The average molecular weight is 600 g/mol. The minimum absolute atomic E-state index is 0.0855. The lowest BCUT2D eigenvalue weighted by Gasteiger charge is -2.42. The molecule has 0 saturated carbocycles. The van der Waals surface area contributed by atoms with E-state index < -0.39 is 5.92 Å². The zero-order chi connectivity index (χ0) is 27.0. The maximum absolute atomic E-state index is 13.3. The topological polar surface area (TPSA) is 84.9 Å². The molecule has 0 saturated heterocycles. The number of carbonyl (C=O) groups excluding carboxylic acids is 3. The number of methoxy groups -OCH3 is 1. The van der Waals surface area contributed by atoms with Crippen molar-refractivity contribution in [3.63, 3.8) is 0 Å². The van der Waals surface area contributed by atoms with Crippen molar-refractivity contribution in [3.05, 3.63) is 74.0 Å². The number of hydrogen-bond acceptors (Lipinski definition) is 6. The van der Waals surface area contributed by atoms with Gasteiger partial charge in [0, 0.05) is 59.1 Å². The minimum atomic E-state index is -0.454. The van der Waals surface area contributed by atoms with Crippen LogP contribution in [0.4, 0.5) is 5.69 Å². The van der Waals surface area contributed by atoms with Crippen LogP contribution >= 0.6 is 27.5 Å². The number of ether oxygens (including phenoxy) is 2. The summed E-state index contributed by atoms with van der Waals surface area (Å²) in [6.07, 6.45) is 4.18. The highest BCUT2D eigenvalue weighted by atomic mass is 79.9. The van der Waals surface area contributed by atoms with E-state index in [0.29, 0.717) is 50.7 Å². The Morgan fingerprint density at radius 1 is 1.03 bits per heavy atom. The molecule has 1 N–H and O–H groups in total. The second-order valence-corrected chi connectivity index (χ2v) is 10.9. The highest BCUT2D eigenvalue weighted by Crippen LogP contribution is 2.50. The predicted octanol–water partition coefficient (Wildman–Crippen LogP) is 6.17. The highest BCUT2D eigenvalue weighted by Gasteiger charge is 2.42. The Balaban J connectivity index is 1.47. The van der Waals surface area contributed by atoms with Crippen molar-refractivity contribution in [2.75, 3.05) is 26.1 Å². The number of benzene rings is 2. The molecule has 0 fully saturated rings. The Morgan fingerprint density at radius 2 is 1.63 bits per heavy atom. The third kappa shape index (κ3) is 4.99. The van der Waals surface area contributed by atoms with Crippen molar-refractivity contribution in [2.45, 2.75) is 44.4 Å². The Labute approximate surface area is 234 Å². The molecule has 2 aromatic rings. The van der Waals surface area contributed by atoms with Gasteiger partial charge in [0.05, 0.1) is 11.6 Å². The Hall–Kier alpha value is -3.10. The van der Waals surface area contributed by atoms with Gasteiger partial charge in [0.25, 0.3) is 5.91 Å². The zero-order valence-corrected chi connectivity index (χ0v) is 23.6. The van der Waals surface area contributed by atoms with Crippen LogP contribution in [-0.2, 0) is 14.4 Å². The van der Waals surface area contributed by atoms with Crippen molar-refractivity contribution >= 4 is 50.7 Å². The number of nitrogens with zero attached hydrogens (tertiary/aromatic N) is 1. The molecule has 7 nitrogen and oxygen atoms in total. The van der Waals surface area contributed by atoms with Gasteiger partial charge in [-0.05, 0) is 83.6 Å². The van der Waals surface area contributed by atoms with Crippen LogP contribution in [0.2, 0.25) is 5.02 Å². The number of hydrogen-bond donors (Lipinski definition) is 1. The summed E-state index contributed by atoms with van der Waals surface area (Å²) in [7, 11) is 3.49. The second kappa shape index (κ2) is 10.9. The maximum Gasteiger partial charge on any atom is 0.262 e. The molecule has 0 spiro atoms. The monoisotopic (exact) mass is 598 g/mol. The molecule has 3 aliphatic rings. The lowest BCUT2D eigenvalue weighted by atomic mass is 9.71. The number of nitrogens with one attached hydrogen (secondary N) is 1. The Morgan fingerprint density at radius 3 is 2.21 bits per heavy atom. The van der Waals surface area contributed by atoms with Gasteiger partial charge in [-0.25, -0.2) is 0 Å². The first kappa shape index (κ1) is 26.5. The van der Waals surface area contributed by atoms with Crippen molar-refractivity contribution < 1.29 is 23.9 Å². The molecule has 0 aromatic heterocycles. The van der Waals surface area contributed by atoms with E-state index in [0.717, 1.165) is 42.6 Å². The number of ketones is 2. The smallest absolute Gasteiger partial charge is 0.262 e. The quantitative estimate of drug-likeness (QED) is 0.427. The molecular formula is C29H28BrClN2O5. The second-order valence-electron chi connectivity index (χ2n) is 9.64. The molecule has 1 heterocycles. The van der Waals surface area contributed by atoms with Crippen molar-refractivity contribution in [1.82, 2.24) is 4.90 Å². The van der Waals surface area contributed by atoms with Gasteiger partial charge in [0.1, 0.15) is 0 Å². The van der Waals surface area contributed by atoms with Crippen LogP contribution in [0.25, 0.3) is 0 Å². The number of Topliss-reactive ketones (excluding diaryl/α,β-unsaturated/α-hetero) is 2. The van der Waals surface area contributed by atoms with Crippen molar-refractivity contribution in [1.29, 1.82) is 0 Å². The molecule has 1 aliphatic heterocycles. The van der Waals surface area contributed by atoms with Crippen molar-refractivity contribution in [3.8, 4) is 11.5 Å². The maximum atomic E-state index is 13.3. The standard InChI is InChI=1S/C29H28BrClN2O5/c1-33-20-5-3-7-22(34)27(20)26(28-21(33)6-4-8-23(28)35)16-13-19(30)29(24(14-16)37-2)38-15-25(36)32-18-11-9-17(31)10-12-18/h9-14,26H,3-8,15H2,1-2H3,(H,32,36). The molecule has 38 heavy (non-hydrogen) atoms. The van der Waals surface area contributed by atoms with E-state index >= 15 is 0 Å². The van der Waals surface area contributed by atoms with Crippen LogP contribution < -0.4 is 14.8 Å². The molecule has 0 unspecified atom stereocenters. The summed E-state index contributed by atoms with van der Waals surface area (Å²) in [5.41, 5.74) is 4.82. The third-order valence-corrected chi connectivity index (χ3v) is 8.15. The molecule has 198 valence electrons. The SMILES string of the molecule is COc1cc(C2C3=C(CCCC3=O)N(C)C3=C2C(=O)CCC3)cc(Br)c1OCC(=O)Nc1ccc(Cl)cc1. The summed E-state index contributed by atoms with van der Waals surface area (Å²) in [5, 5.41) is 3.34. The summed E-state index contributed by atoms with van der Waals surface area (Å²) in [6, 6.07) is 10.5. The fourth-order valence-electron chi connectivity index (χ4n) is 5.60. The lowest BCUT2D eigenvalue weighted by Crippen LogP contribution is -2.37. The van der Waals surface area contributed by atoms with E-state index in [1.807, 2.05) is 19.2 Å². The fourth-order valence-corrected chi connectivity index (χ4v) is 6.30. The number of carbonyl (C=O) groups is 3.